The van der Waals surface area contributed by atoms with Crippen LogP contribution in [0.5, 0.6) is 0 Å². The Hall–Kier alpha value is -2.80. The van der Waals surface area contributed by atoms with Gasteiger partial charge in [0.15, 0.2) is 0 Å². The zero-order valence-electron chi connectivity index (χ0n) is 27.8. The SMILES string of the molecule is C=C/C=C(\C=C(\CC)CC(CC)CCC)C\C1=C/C=C/C(C(/C)=C/C=C\C(=C)N/C(CC)=C(\C)CCC)=C/CCC1. The summed E-state index contributed by atoms with van der Waals surface area (Å²) in [4.78, 5) is 0. The van der Waals surface area contributed by atoms with Crippen molar-refractivity contribution in [3.63, 3.8) is 0 Å². The van der Waals surface area contributed by atoms with Gasteiger partial charge in [0.25, 0.3) is 0 Å². The van der Waals surface area contributed by atoms with E-state index in [-0.39, 0.29) is 0 Å². The van der Waals surface area contributed by atoms with Crippen LogP contribution in [0.25, 0.3) is 0 Å². The van der Waals surface area contributed by atoms with Gasteiger partial charge in [0.05, 0.1) is 0 Å². The Labute approximate surface area is 255 Å². The molecule has 0 radical (unpaired) electrons. The molecule has 0 amide bonds. The minimum Gasteiger partial charge on any atom is -0.359 e. The fourth-order valence-corrected chi connectivity index (χ4v) is 5.50. The van der Waals surface area contributed by atoms with Gasteiger partial charge in [0.1, 0.15) is 0 Å². The lowest BCUT2D eigenvalue weighted by atomic mass is 9.89. The molecule has 0 spiro atoms. The zero-order valence-corrected chi connectivity index (χ0v) is 27.8. The van der Waals surface area contributed by atoms with Gasteiger partial charge in [-0.3, -0.25) is 0 Å². The van der Waals surface area contributed by atoms with Crippen LogP contribution in [-0.4, -0.2) is 0 Å². The highest BCUT2D eigenvalue weighted by atomic mass is 14.9. The topological polar surface area (TPSA) is 12.0 Å². The average molecular weight is 556 g/mol. The van der Waals surface area contributed by atoms with E-state index < -0.39 is 0 Å². The fourth-order valence-electron chi connectivity index (χ4n) is 5.50. The minimum absolute atomic E-state index is 0.800. The van der Waals surface area contributed by atoms with Crippen molar-refractivity contribution in [1.29, 1.82) is 0 Å². The van der Waals surface area contributed by atoms with Crippen LogP contribution in [0.3, 0.4) is 0 Å². The van der Waals surface area contributed by atoms with E-state index in [4.69, 9.17) is 0 Å². The second-order valence-corrected chi connectivity index (χ2v) is 11.5. The maximum atomic E-state index is 4.22. The number of hydrogen-bond donors (Lipinski definition) is 1. The quantitative estimate of drug-likeness (QED) is 0.166. The predicted molar refractivity (Wildman–Crippen MR) is 187 cm³/mol. The van der Waals surface area contributed by atoms with Gasteiger partial charge in [-0.1, -0.05) is 145 Å². The molecular weight excluding hydrogens is 494 g/mol. The smallest absolute Gasteiger partial charge is 0.0308 e. The molecule has 1 N–H and O–H groups in total. The van der Waals surface area contributed by atoms with Crippen LogP contribution in [-0.2, 0) is 0 Å². The first-order chi connectivity index (χ1) is 19.8. The number of nitrogens with one attached hydrogen (secondary N) is 1. The second-order valence-electron chi connectivity index (χ2n) is 11.5. The van der Waals surface area contributed by atoms with Gasteiger partial charge in [0.2, 0.25) is 0 Å². The standard InChI is InChI=1S/C40H61N/c1-10-20-33(8)40(15-6)41-34(9)24-18-23-32(7)39-27-17-16-25-37(26-19-28-39)31-38(22-12-3)30-36(14-5)29-35(13-4)21-11-2/h12,18-19,22-24,26-28,30,35,41H,3,9-11,13-17,20-21,25,29,31H2,1-2,4-8H3/b24-18-,28-19+,32-23+,36-30-,37-26-,38-22+,39-27-,40-33+. The van der Waals surface area contributed by atoms with Gasteiger partial charge in [-0.2, -0.15) is 0 Å². The van der Waals surface area contributed by atoms with Gasteiger partial charge < -0.3 is 5.32 Å². The maximum absolute atomic E-state index is 4.22. The van der Waals surface area contributed by atoms with E-state index in [0.29, 0.717) is 0 Å². The van der Waals surface area contributed by atoms with Crippen molar-refractivity contribution in [2.24, 2.45) is 5.92 Å². The van der Waals surface area contributed by atoms with E-state index in [1.807, 2.05) is 6.08 Å². The Morgan fingerprint density at radius 3 is 2.46 bits per heavy atom. The van der Waals surface area contributed by atoms with Crippen LogP contribution in [0.4, 0.5) is 0 Å². The highest BCUT2D eigenvalue weighted by molar-refractivity contribution is 5.43. The summed E-state index contributed by atoms with van der Waals surface area (Å²) in [6, 6.07) is 0. The number of hydrogen-bond acceptors (Lipinski definition) is 1. The maximum Gasteiger partial charge on any atom is 0.0308 e. The molecule has 0 aromatic heterocycles. The molecule has 0 aliphatic heterocycles. The summed E-state index contributed by atoms with van der Waals surface area (Å²) in [7, 11) is 0. The Morgan fingerprint density at radius 2 is 1.83 bits per heavy atom. The lowest BCUT2D eigenvalue weighted by Gasteiger charge is -2.16. The lowest BCUT2D eigenvalue weighted by molar-refractivity contribution is 0.456. The molecule has 0 aromatic rings. The molecule has 0 bridgehead atoms. The van der Waals surface area contributed by atoms with E-state index in [2.05, 4.69) is 122 Å². The third-order valence-electron chi connectivity index (χ3n) is 8.01. The van der Waals surface area contributed by atoms with Crippen LogP contribution in [0.15, 0.2) is 119 Å². The normalized spacial score (nSPS) is 20.1. The van der Waals surface area contributed by atoms with E-state index in [9.17, 15) is 0 Å². The fraction of sp³-hybridized carbons (Fsp3) is 0.500. The van der Waals surface area contributed by atoms with Crippen molar-refractivity contribution in [3.8, 4) is 0 Å². The van der Waals surface area contributed by atoms with Crippen molar-refractivity contribution in [2.45, 2.75) is 126 Å². The Balaban J connectivity index is 2.97. The highest BCUT2D eigenvalue weighted by Crippen LogP contribution is 2.27. The third kappa shape index (κ3) is 15.1. The summed E-state index contributed by atoms with van der Waals surface area (Å²) >= 11 is 0. The van der Waals surface area contributed by atoms with Crippen molar-refractivity contribution in [2.75, 3.05) is 0 Å². The second kappa shape index (κ2) is 21.9. The monoisotopic (exact) mass is 555 g/mol. The van der Waals surface area contributed by atoms with Crippen molar-refractivity contribution in [1.82, 2.24) is 5.32 Å². The van der Waals surface area contributed by atoms with E-state index >= 15 is 0 Å². The Morgan fingerprint density at radius 1 is 1.05 bits per heavy atom. The van der Waals surface area contributed by atoms with Crippen molar-refractivity contribution < 1.29 is 0 Å². The van der Waals surface area contributed by atoms with E-state index in [0.717, 1.165) is 50.1 Å². The molecule has 1 heteroatoms. The minimum atomic E-state index is 0.800. The molecule has 1 atom stereocenters. The van der Waals surface area contributed by atoms with Crippen LogP contribution >= 0.6 is 0 Å². The first kappa shape index (κ1) is 36.2. The summed E-state index contributed by atoms with van der Waals surface area (Å²) in [6.45, 7) is 24.0. The first-order valence-corrected chi connectivity index (χ1v) is 16.4. The molecule has 1 aliphatic rings. The van der Waals surface area contributed by atoms with Crippen LogP contribution < -0.4 is 5.32 Å². The van der Waals surface area contributed by atoms with Crippen LogP contribution in [0.2, 0.25) is 0 Å². The van der Waals surface area contributed by atoms with E-state index in [1.165, 1.54) is 72.1 Å². The summed E-state index contributed by atoms with van der Waals surface area (Å²) in [5.41, 5.74) is 10.7. The molecule has 1 rings (SSSR count). The molecule has 41 heavy (non-hydrogen) atoms. The van der Waals surface area contributed by atoms with Gasteiger partial charge in [-0.05, 0) is 93.9 Å². The molecule has 1 unspecified atom stereocenters. The summed E-state index contributed by atoms with van der Waals surface area (Å²) in [5.74, 6) is 0.800. The zero-order chi connectivity index (χ0) is 30.5. The van der Waals surface area contributed by atoms with Gasteiger partial charge in [-0.25, -0.2) is 0 Å². The predicted octanol–water partition coefficient (Wildman–Crippen LogP) is 12.7. The molecule has 1 aliphatic carbocycles. The van der Waals surface area contributed by atoms with Crippen molar-refractivity contribution >= 4 is 0 Å². The molecular formula is C40H61N. The molecule has 0 heterocycles. The largest absolute Gasteiger partial charge is 0.359 e. The Kier molecular flexibility index (Phi) is 19.3. The molecule has 0 saturated carbocycles. The van der Waals surface area contributed by atoms with Crippen LogP contribution in [0, 0.1) is 5.92 Å². The number of allylic oxidation sites excluding steroid dienone is 17. The third-order valence-corrected chi connectivity index (χ3v) is 8.01. The summed E-state index contributed by atoms with van der Waals surface area (Å²) in [5, 5.41) is 3.51. The van der Waals surface area contributed by atoms with Gasteiger partial charge >= 0.3 is 0 Å². The van der Waals surface area contributed by atoms with Crippen LogP contribution in [0.1, 0.15) is 126 Å². The average Bonchev–Trinajstić information content (AvgIpc) is 3.07. The Bertz CT molecular complexity index is 1060. The molecule has 1 nitrogen and oxygen atoms in total. The van der Waals surface area contributed by atoms with Gasteiger partial charge in [-0.15, -0.1) is 0 Å². The lowest BCUT2D eigenvalue weighted by Crippen LogP contribution is -2.11. The molecule has 0 aromatic carbocycles. The summed E-state index contributed by atoms with van der Waals surface area (Å²) < 4.78 is 0. The first-order valence-electron chi connectivity index (χ1n) is 16.4. The van der Waals surface area contributed by atoms with E-state index in [1.54, 1.807) is 5.57 Å². The molecule has 226 valence electrons. The molecule has 0 saturated heterocycles. The van der Waals surface area contributed by atoms with Crippen molar-refractivity contribution in [3.05, 3.63) is 119 Å². The number of rotatable bonds is 18. The summed E-state index contributed by atoms with van der Waals surface area (Å²) in [6.07, 6.45) is 36.2. The molecule has 0 fully saturated rings. The highest BCUT2D eigenvalue weighted by Gasteiger charge is 2.09. The van der Waals surface area contributed by atoms with Gasteiger partial charge in [0, 0.05) is 11.4 Å².